The maximum Gasteiger partial charge on any atom is 0.254 e. The Morgan fingerprint density at radius 3 is 2.12 bits per heavy atom. The van der Waals surface area contributed by atoms with Crippen LogP contribution in [-0.2, 0) is 24.2 Å². The Labute approximate surface area is 232 Å². The Morgan fingerprint density at radius 2 is 1.55 bits per heavy atom. The number of ether oxygens (including phenoxy) is 1. The second kappa shape index (κ2) is 11.6. The summed E-state index contributed by atoms with van der Waals surface area (Å²) in [6.45, 7) is 0.205. The monoisotopic (exact) mass is 529 g/mol. The van der Waals surface area contributed by atoms with Crippen molar-refractivity contribution in [1.82, 2.24) is 20.2 Å². The van der Waals surface area contributed by atoms with Crippen LogP contribution in [0, 0.1) is 11.3 Å². The molecule has 0 radical (unpaired) electrons. The van der Waals surface area contributed by atoms with Crippen LogP contribution in [-0.4, -0.2) is 39.2 Å². The Morgan fingerprint density at radius 1 is 0.950 bits per heavy atom. The van der Waals surface area contributed by atoms with Crippen LogP contribution in [0.5, 0.6) is 5.75 Å². The number of methoxy groups -OCH3 is 1. The van der Waals surface area contributed by atoms with Gasteiger partial charge in [0.25, 0.3) is 5.91 Å². The minimum Gasteiger partial charge on any atom is -0.496 e. The molecule has 0 saturated carbocycles. The first-order chi connectivity index (χ1) is 19.5. The lowest BCUT2D eigenvalue weighted by molar-refractivity contribution is -0.132. The smallest absolute Gasteiger partial charge is 0.254 e. The van der Waals surface area contributed by atoms with Gasteiger partial charge >= 0.3 is 0 Å². The molecule has 40 heavy (non-hydrogen) atoms. The zero-order valence-corrected chi connectivity index (χ0v) is 21.9. The van der Waals surface area contributed by atoms with Crippen molar-refractivity contribution in [2.45, 2.75) is 24.9 Å². The Bertz CT molecular complexity index is 1540. The van der Waals surface area contributed by atoms with Crippen LogP contribution in [0.3, 0.4) is 0 Å². The SMILES string of the molecule is COc1ccccc1CN1C(=O)C(Cc2ccncc2)(Cc2ccncc2)N/C1=C\C(=O)c1ccc(C#N)cc1. The van der Waals surface area contributed by atoms with E-state index in [2.05, 4.69) is 21.4 Å². The summed E-state index contributed by atoms with van der Waals surface area (Å²) in [5.74, 6) is 0.599. The summed E-state index contributed by atoms with van der Waals surface area (Å²) in [6.07, 6.45) is 9.01. The normalized spacial score (nSPS) is 14.9. The van der Waals surface area contributed by atoms with Crippen LogP contribution in [0.4, 0.5) is 0 Å². The Kier molecular flexibility index (Phi) is 7.65. The molecule has 0 unspecified atom stereocenters. The van der Waals surface area contributed by atoms with Gasteiger partial charge in [-0.2, -0.15) is 5.26 Å². The first-order valence-corrected chi connectivity index (χ1v) is 12.8. The topological polar surface area (TPSA) is 108 Å². The number of nitrogens with one attached hydrogen (secondary N) is 1. The van der Waals surface area contributed by atoms with Crippen LogP contribution in [0.15, 0.2) is 109 Å². The van der Waals surface area contributed by atoms with Gasteiger partial charge in [-0.3, -0.25) is 24.5 Å². The number of ketones is 1. The lowest BCUT2D eigenvalue weighted by atomic mass is 9.85. The molecule has 5 rings (SSSR count). The molecule has 0 atom stereocenters. The van der Waals surface area contributed by atoms with Gasteiger partial charge in [-0.15, -0.1) is 0 Å². The number of nitrogens with zero attached hydrogens (tertiary/aromatic N) is 4. The Balaban J connectivity index is 1.59. The molecule has 8 heteroatoms. The highest BCUT2D eigenvalue weighted by molar-refractivity contribution is 6.06. The molecule has 198 valence electrons. The summed E-state index contributed by atoms with van der Waals surface area (Å²) >= 11 is 0. The number of benzene rings is 2. The molecule has 1 amide bonds. The van der Waals surface area contributed by atoms with E-state index < -0.39 is 5.54 Å². The minimum atomic E-state index is -1.07. The van der Waals surface area contributed by atoms with Crippen molar-refractivity contribution in [3.63, 3.8) is 0 Å². The van der Waals surface area contributed by atoms with Crippen LogP contribution >= 0.6 is 0 Å². The molecular weight excluding hydrogens is 502 g/mol. The molecule has 2 aromatic heterocycles. The molecular formula is C32H27N5O3. The van der Waals surface area contributed by atoms with Crippen LogP contribution in [0.25, 0.3) is 0 Å². The maximum atomic E-state index is 14.5. The quantitative estimate of drug-likeness (QED) is 0.255. The molecule has 4 aromatic rings. The second-order valence-corrected chi connectivity index (χ2v) is 9.56. The third-order valence-electron chi connectivity index (χ3n) is 6.91. The first-order valence-electron chi connectivity index (χ1n) is 12.8. The van der Waals surface area contributed by atoms with E-state index >= 15 is 0 Å². The van der Waals surface area contributed by atoms with Gasteiger partial charge in [-0.25, -0.2) is 0 Å². The van der Waals surface area contributed by atoms with Crippen molar-refractivity contribution in [3.05, 3.63) is 137 Å². The van der Waals surface area contributed by atoms with Gasteiger partial charge in [-0.05, 0) is 65.7 Å². The van der Waals surface area contributed by atoms with E-state index in [9.17, 15) is 9.59 Å². The molecule has 1 N–H and O–H groups in total. The van der Waals surface area contributed by atoms with Crippen LogP contribution < -0.4 is 10.1 Å². The predicted octanol–water partition coefficient (Wildman–Crippen LogP) is 4.24. The number of carbonyl (C=O) groups excluding carboxylic acids is 2. The number of pyridine rings is 2. The van der Waals surface area contributed by atoms with Gasteiger partial charge < -0.3 is 10.1 Å². The van der Waals surface area contributed by atoms with Gasteiger partial charge in [0.05, 0.1) is 25.3 Å². The fraction of sp³-hybridized carbons (Fsp3) is 0.156. The van der Waals surface area contributed by atoms with E-state index in [1.165, 1.54) is 6.08 Å². The molecule has 0 spiro atoms. The zero-order valence-electron chi connectivity index (χ0n) is 21.9. The van der Waals surface area contributed by atoms with Gasteiger partial charge in [0.15, 0.2) is 5.78 Å². The average Bonchev–Trinajstić information content (AvgIpc) is 3.23. The van der Waals surface area contributed by atoms with Gasteiger partial charge in [-0.1, -0.05) is 18.2 Å². The second-order valence-electron chi connectivity index (χ2n) is 9.56. The van der Waals surface area contributed by atoms with Crippen molar-refractivity contribution in [1.29, 1.82) is 5.26 Å². The molecule has 1 saturated heterocycles. The third kappa shape index (κ3) is 5.59. The van der Waals surface area contributed by atoms with E-state index in [-0.39, 0.29) is 18.2 Å². The number of para-hydroxylation sites is 1. The van der Waals surface area contributed by atoms with Gasteiger partial charge in [0, 0.05) is 54.8 Å². The number of nitriles is 1. The van der Waals surface area contributed by atoms with E-state index in [0.29, 0.717) is 35.5 Å². The molecule has 2 aromatic carbocycles. The summed E-state index contributed by atoms with van der Waals surface area (Å²) in [5, 5.41) is 12.6. The zero-order chi connectivity index (χ0) is 28.0. The van der Waals surface area contributed by atoms with E-state index in [1.54, 1.807) is 61.1 Å². The van der Waals surface area contributed by atoms with Crippen molar-refractivity contribution in [2.24, 2.45) is 0 Å². The molecule has 0 bridgehead atoms. The number of aromatic nitrogens is 2. The average molecular weight is 530 g/mol. The molecule has 8 nitrogen and oxygen atoms in total. The number of amides is 1. The lowest BCUT2D eigenvalue weighted by Gasteiger charge is -2.28. The standard InChI is InChI=1S/C32H27N5O3/c1-40-29-5-3-2-4-27(29)22-37-30(18-28(38)26-8-6-25(21-33)7-9-26)36-32(31(37)39,19-23-10-14-34-15-11-23)20-24-12-16-35-17-13-24/h2-18,36H,19-20,22H2,1H3/b30-18+. The lowest BCUT2D eigenvalue weighted by Crippen LogP contribution is -2.50. The summed E-state index contributed by atoms with van der Waals surface area (Å²) in [4.78, 5) is 37.7. The number of allylic oxidation sites excluding steroid dienone is 1. The first kappa shape index (κ1) is 26.3. The highest BCUT2D eigenvalue weighted by Gasteiger charge is 2.49. The van der Waals surface area contributed by atoms with Crippen LogP contribution in [0.1, 0.15) is 32.6 Å². The highest BCUT2D eigenvalue weighted by atomic mass is 16.5. The van der Waals surface area contributed by atoms with E-state index in [1.807, 2.05) is 48.5 Å². The number of carbonyl (C=O) groups is 2. The van der Waals surface area contributed by atoms with Crippen LogP contribution in [0.2, 0.25) is 0 Å². The van der Waals surface area contributed by atoms with Crippen molar-refractivity contribution >= 4 is 11.7 Å². The largest absolute Gasteiger partial charge is 0.496 e. The number of hydrogen-bond acceptors (Lipinski definition) is 7. The van der Waals surface area contributed by atoms with E-state index in [4.69, 9.17) is 10.00 Å². The number of hydrogen-bond donors (Lipinski definition) is 1. The maximum absolute atomic E-state index is 14.5. The predicted molar refractivity (Wildman–Crippen MR) is 149 cm³/mol. The fourth-order valence-corrected chi connectivity index (χ4v) is 4.93. The summed E-state index contributed by atoms with van der Waals surface area (Å²) in [7, 11) is 1.59. The third-order valence-corrected chi connectivity index (χ3v) is 6.91. The highest BCUT2D eigenvalue weighted by Crippen LogP contribution is 2.33. The van der Waals surface area contributed by atoms with Gasteiger partial charge in [0.1, 0.15) is 17.1 Å². The van der Waals surface area contributed by atoms with Crippen molar-refractivity contribution in [3.8, 4) is 11.8 Å². The number of rotatable bonds is 9. The molecule has 0 aliphatic carbocycles. The molecule has 3 heterocycles. The summed E-state index contributed by atoms with van der Waals surface area (Å²) < 4.78 is 5.56. The molecule has 1 aliphatic rings. The minimum absolute atomic E-state index is 0.161. The van der Waals surface area contributed by atoms with Crippen molar-refractivity contribution in [2.75, 3.05) is 7.11 Å². The molecule has 1 aliphatic heterocycles. The Hall–Kier alpha value is -5.29. The fourth-order valence-electron chi connectivity index (χ4n) is 4.93. The van der Waals surface area contributed by atoms with E-state index in [0.717, 1.165) is 16.7 Å². The van der Waals surface area contributed by atoms with Gasteiger partial charge in [0.2, 0.25) is 0 Å². The summed E-state index contributed by atoms with van der Waals surface area (Å²) in [5.41, 5.74) is 2.48. The summed E-state index contributed by atoms with van der Waals surface area (Å²) in [6, 6.07) is 23.5. The van der Waals surface area contributed by atoms with Crippen molar-refractivity contribution < 1.29 is 14.3 Å². The molecule has 1 fully saturated rings.